The van der Waals surface area contributed by atoms with Crippen molar-refractivity contribution < 1.29 is 13.9 Å². The van der Waals surface area contributed by atoms with Gasteiger partial charge in [-0.05, 0) is 48.5 Å². The van der Waals surface area contributed by atoms with Gasteiger partial charge in [0.05, 0.1) is 18.4 Å². The van der Waals surface area contributed by atoms with Crippen molar-refractivity contribution in [3.63, 3.8) is 0 Å². The molecule has 0 unspecified atom stereocenters. The van der Waals surface area contributed by atoms with Crippen molar-refractivity contribution in [2.24, 2.45) is 0 Å². The van der Waals surface area contributed by atoms with Crippen molar-refractivity contribution in [1.29, 1.82) is 0 Å². The maximum absolute atomic E-state index is 13.4. The molecular weight excluding hydrogens is 418 g/mol. The van der Waals surface area contributed by atoms with Crippen LogP contribution in [0.25, 0.3) is 27.9 Å². The van der Waals surface area contributed by atoms with E-state index >= 15 is 0 Å². The van der Waals surface area contributed by atoms with E-state index in [4.69, 9.17) is 14.3 Å². The fourth-order valence-electron chi connectivity index (χ4n) is 3.64. The molecule has 0 aliphatic rings. The van der Waals surface area contributed by atoms with Crippen molar-refractivity contribution in [3.05, 3.63) is 107 Å². The first-order chi connectivity index (χ1) is 16.1. The Labute approximate surface area is 188 Å². The predicted octanol–water partition coefficient (Wildman–Crippen LogP) is 4.91. The van der Waals surface area contributed by atoms with E-state index in [2.05, 4.69) is 5.32 Å². The second-order valence-corrected chi connectivity index (χ2v) is 7.33. The fraction of sp³-hybridized carbons (Fsp3) is 0.0385. The Morgan fingerprint density at radius 1 is 0.970 bits per heavy atom. The molecule has 5 rings (SSSR count). The van der Waals surface area contributed by atoms with Crippen LogP contribution in [-0.2, 0) is 0 Å². The maximum Gasteiger partial charge on any atom is 0.336 e. The van der Waals surface area contributed by atoms with E-state index in [1.807, 2.05) is 54.6 Å². The highest BCUT2D eigenvalue weighted by Crippen LogP contribution is 2.32. The zero-order chi connectivity index (χ0) is 22.8. The Morgan fingerprint density at radius 2 is 1.76 bits per heavy atom. The number of amides is 1. The number of anilines is 1. The molecule has 162 valence electrons. The van der Waals surface area contributed by atoms with Gasteiger partial charge in [0.15, 0.2) is 0 Å². The minimum Gasteiger partial charge on any atom is -0.496 e. The van der Waals surface area contributed by atoms with E-state index < -0.39 is 5.63 Å². The molecule has 0 aliphatic carbocycles. The minimum absolute atomic E-state index is 0.324. The zero-order valence-electron chi connectivity index (χ0n) is 17.7. The number of benzene rings is 3. The Kier molecular flexibility index (Phi) is 5.20. The highest BCUT2D eigenvalue weighted by atomic mass is 16.5. The molecule has 2 heterocycles. The third kappa shape index (κ3) is 3.99. The summed E-state index contributed by atoms with van der Waals surface area (Å²) in [6, 6.07) is 25.1. The summed E-state index contributed by atoms with van der Waals surface area (Å²) < 4.78 is 12.3. The summed E-state index contributed by atoms with van der Waals surface area (Å²) in [7, 11) is 1.58. The van der Waals surface area contributed by atoms with Crippen LogP contribution >= 0.6 is 0 Å². The number of fused-ring (bicyclic) bond motifs is 1. The number of rotatable bonds is 5. The van der Waals surface area contributed by atoms with Crippen molar-refractivity contribution in [2.75, 3.05) is 12.4 Å². The highest BCUT2D eigenvalue weighted by molar-refractivity contribution is 6.09. The smallest absolute Gasteiger partial charge is 0.336 e. The SMILES string of the molecule is COc1ccccc1-c1nn(-c2ccccc2)cc1C(=O)Nc1ccc2oc(=O)ccc2c1. The van der Waals surface area contributed by atoms with Crippen LogP contribution in [0.3, 0.4) is 0 Å². The molecule has 7 nitrogen and oxygen atoms in total. The van der Waals surface area contributed by atoms with Gasteiger partial charge in [0, 0.05) is 28.9 Å². The Hall–Kier alpha value is -4.65. The largest absolute Gasteiger partial charge is 0.496 e. The number of ether oxygens (including phenoxy) is 1. The lowest BCUT2D eigenvalue weighted by Gasteiger charge is -2.09. The molecule has 0 spiro atoms. The van der Waals surface area contributed by atoms with Crippen molar-refractivity contribution in [1.82, 2.24) is 9.78 Å². The first-order valence-electron chi connectivity index (χ1n) is 10.3. The van der Waals surface area contributed by atoms with Crippen LogP contribution in [0.15, 0.2) is 100 Å². The number of nitrogens with zero attached hydrogens (tertiary/aromatic N) is 2. The summed E-state index contributed by atoms with van der Waals surface area (Å²) in [4.78, 5) is 24.8. The molecule has 0 atom stereocenters. The summed E-state index contributed by atoms with van der Waals surface area (Å²) in [6.45, 7) is 0. The maximum atomic E-state index is 13.4. The van der Waals surface area contributed by atoms with E-state index in [-0.39, 0.29) is 5.91 Å². The number of hydrogen-bond acceptors (Lipinski definition) is 5. The number of aromatic nitrogens is 2. The van der Waals surface area contributed by atoms with Gasteiger partial charge in [-0.2, -0.15) is 5.10 Å². The van der Waals surface area contributed by atoms with E-state index in [0.717, 1.165) is 5.69 Å². The summed E-state index contributed by atoms with van der Waals surface area (Å²) >= 11 is 0. The van der Waals surface area contributed by atoms with E-state index in [9.17, 15) is 9.59 Å². The van der Waals surface area contributed by atoms with Gasteiger partial charge in [-0.3, -0.25) is 4.79 Å². The standard InChI is InChI=1S/C26H19N3O4/c1-32-23-10-6-5-9-20(23)25-21(16-29(28-25)19-7-3-2-4-8-19)26(31)27-18-12-13-22-17(15-18)11-14-24(30)33-22/h2-16H,1H3,(H,27,31). The average Bonchev–Trinajstić information content (AvgIpc) is 3.30. The summed E-state index contributed by atoms with van der Waals surface area (Å²) in [6.07, 6.45) is 1.70. The fourth-order valence-corrected chi connectivity index (χ4v) is 3.64. The Bertz CT molecular complexity index is 1520. The Balaban J connectivity index is 1.57. The molecule has 7 heteroatoms. The lowest BCUT2D eigenvalue weighted by atomic mass is 10.1. The number of carbonyl (C=O) groups excluding carboxylic acids is 1. The molecule has 1 N–H and O–H groups in total. The lowest BCUT2D eigenvalue weighted by Crippen LogP contribution is -2.12. The average molecular weight is 437 g/mol. The molecule has 2 aromatic heterocycles. The monoisotopic (exact) mass is 437 g/mol. The van der Waals surface area contributed by atoms with Gasteiger partial charge in [-0.25, -0.2) is 9.48 Å². The second-order valence-electron chi connectivity index (χ2n) is 7.33. The van der Waals surface area contributed by atoms with Crippen LogP contribution in [0, 0.1) is 0 Å². The van der Waals surface area contributed by atoms with Crippen LogP contribution in [0.2, 0.25) is 0 Å². The van der Waals surface area contributed by atoms with Crippen LogP contribution < -0.4 is 15.7 Å². The molecule has 3 aromatic carbocycles. The quantitative estimate of drug-likeness (QED) is 0.395. The van der Waals surface area contributed by atoms with Gasteiger partial charge in [0.2, 0.25) is 0 Å². The highest BCUT2D eigenvalue weighted by Gasteiger charge is 2.21. The van der Waals surface area contributed by atoms with Crippen LogP contribution in [-0.4, -0.2) is 22.8 Å². The Morgan fingerprint density at radius 3 is 2.58 bits per heavy atom. The summed E-state index contributed by atoms with van der Waals surface area (Å²) in [5.41, 5.74) is 3.03. The van der Waals surface area contributed by atoms with Gasteiger partial charge in [0.1, 0.15) is 17.0 Å². The van der Waals surface area contributed by atoms with E-state index in [0.29, 0.717) is 39.2 Å². The van der Waals surface area contributed by atoms with Crippen molar-refractivity contribution in [2.45, 2.75) is 0 Å². The molecule has 0 saturated heterocycles. The van der Waals surface area contributed by atoms with E-state index in [1.165, 1.54) is 6.07 Å². The zero-order valence-corrected chi connectivity index (χ0v) is 17.7. The van der Waals surface area contributed by atoms with Crippen LogP contribution in [0.1, 0.15) is 10.4 Å². The molecule has 0 aliphatic heterocycles. The first kappa shape index (κ1) is 20.3. The number of nitrogens with one attached hydrogen (secondary N) is 1. The first-order valence-corrected chi connectivity index (χ1v) is 10.3. The van der Waals surface area contributed by atoms with Gasteiger partial charge < -0.3 is 14.5 Å². The number of hydrogen-bond donors (Lipinski definition) is 1. The molecule has 0 bridgehead atoms. The van der Waals surface area contributed by atoms with Crippen molar-refractivity contribution >= 4 is 22.6 Å². The van der Waals surface area contributed by atoms with Gasteiger partial charge in [0.25, 0.3) is 5.91 Å². The minimum atomic E-state index is -0.422. The molecule has 0 radical (unpaired) electrons. The molecule has 0 saturated carbocycles. The second kappa shape index (κ2) is 8.47. The number of para-hydroxylation sites is 2. The normalized spacial score (nSPS) is 10.8. The van der Waals surface area contributed by atoms with Gasteiger partial charge in [-0.15, -0.1) is 0 Å². The third-order valence-electron chi connectivity index (χ3n) is 5.22. The predicted molar refractivity (Wildman–Crippen MR) is 126 cm³/mol. The van der Waals surface area contributed by atoms with E-state index in [1.54, 1.807) is 42.3 Å². The van der Waals surface area contributed by atoms with Crippen molar-refractivity contribution in [3.8, 4) is 22.7 Å². The molecule has 33 heavy (non-hydrogen) atoms. The molecule has 1 amide bonds. The van der Waals surface area contributed by atoms with Crippen LogP contribution in [0.5, 0.6) is 5.75 Å². The summed E-state index contributed by atoms with van der Waals surface area (Å²) in [5, 5.41) is 8.34. The molecule has 5 aromatic rings. The molecule has 0 fully saturated rings. The molecular formula is C26H19N3O4. The number of methoxy groups -OCH3 is 1. The van der Waals surface area contributed by atoms with Gasteiger partial charge >= 0.3 is 5.63 Å². The topological polar surface area (TPSA) is 86.4 Å². The van der Waals surface area contributed by atoms with Gasteiger partial charge in [-0.1, -0.05) is 30.3 Å². The number of carbonyl (C=O) groups is 1. The van der Waals surface area contributed by atoms with Crippen LogP contribution in [0.4, 0.5) is 5.69 Å². The summed E-state index contributed by atoms with van der Waals surface area (Å²) in [5.74, 6) is 0.292. The lowest BCUT2D eigenvalue weighted by molar-refractivity contribution is 0.102. The third-order valence-corrected chi connectivity index (χ3v) is 5.22.